The van der Waals surface area contributed by atoms with Gasteiger partial charge in [0.2, 0.25) is 5.88 Å². The zero-order chi connectivity index (χ0) is 8.97. The molecule has 0 aliphatic carbocycles. The molecule has 0 spiro atoms. The van der Waals surface area contributed by atoms with Gasteiger partial charge in [-0.2, -0.15) is 0 Å². The van der Waals surface area contributed by atoms with E-state index in [1.807, 2.05) is 0 Å². The topological polar surface area (TPSA) is 61.0 Å². The third-order valence-corrected chi connectivity index (χ3v) is 1.01. The zero-order valence-electron chi connectivity index (χ0n) is 6.08. The summed E-state index contributed by atoms with van der Waals surface area (Å²) in [5.74, 6) is 0.267. The normalized spacial score (nSPS) is 10.2. The summed E-state index contributed by atoms with van der Waals surface area (Å²) in [7, 11) is 0. The van der Waals surface area contributed by atoms with Gasteiger partial charge in [0.1, 0.15) is 5.82 Å². The molecular formula is C6H7F2N3O. The Balaban J connectivity index is 2.48. The molecule has 4 nitrogen and oxygen atoms in total. The molecule has 12 heavy (non-hydrogen) atoms. The molecule has 1 rings (SSSR count). The lowest BCUT2D eigenvalue weighted by Crippen LogP contribution is -2.08. The second kappa shape index (κ2) is 3.80. The van der Waals surface area contributed by atoms with Gasteiger partial charge < -0.3 is 10.5 Å². The van der Waals surface area contributed by atoms with Gasteiger partial charge in [0.15, 0.2) is 6.61 Å². The van der Waals surface area contributed by atoms with Crippen LogP contribution in [-0.2, 0) is 0 Å². The number of hydrogen-bond acceptors (Lipinski definition) is 4. The first kappa shape index (κ1) is 8.63. The molecule has 0 bridgehead atoms. The number of anilines is 1. The molecule has 66 valence electrons. The highest BCUT2D eigenvalue weighted by Gasteiger charge is 2.03. The molecule has 1 aromatic rings. The highest BCUT2D eigenvalue weighted by Crippen LogP contribution is 2.05. The Bertz CT molecular complexity index is 239. The molecule has 0 unspecified atom stereocenters. The smallest absolute Gasteiger partial charge is 0.272 e. The molecule has 6 heteroatoms. The summed E-state index contributed by atoms with van der Waals surface area (Å²) < 4.78 is 27.7. The zero-order valence-corrected chi connectivity index (χ0v) is 6.08. The van der Waals surface area contributed by atoms with Crippen LogP contribution in [0.5, 0.6) is 5.88 Å². The van der Waals surface area contributed by atoms with Crippen LogP contribution in [0.1, 0.15) is 0 Å². The summed E-state index contributed by atoms with van der Waals surface area (Å²) in [5.41, 5.74) is 5.21. The SMILES string of the molecule is Nc1cnc(OCC(F)F)cn1. The maximum Gasteiger partial charge on any atom is 0.272 e. The van der Waals surface area contributed by atoms with Gasteiger partial charge >= 0.3 is 0 Å². The molecule has 1 aromatic heterocycles. The van der Waals surface area contributed by atoms with Crippen molar-refractivity contribution in [1.29, 1.82) is 0 Å². The second-order valence-corrected chi connectivity index (χ2v) is 1.98. The first-order valence-corrected chi connectivity index (χ1v) is 3.17. The molecular weight excluding hydrogens is 168 g/mol. The van der Waals surface area contributed by atoms with Crippen molar-refractivity contribution in [2.45, 2.75) is 6.43 Å². The molecule has 0 aromatic carbocycles. The molecule has 0 aliphatic rings. The molecule has 2 N–H and O–H groups in total. The lowest BCUT2D eigenvalue weighted by molar-refractivity contribution is 0.0794. The summed E-state index contributed by atoms with van der Waals surface area (Å²) in [6, 6.07) is 0. The predicted octanol–water partition coefficient (Wildman–Crippen LogP) is 0.703. The average molecular weight is 175 g/mol. The highest BCUT2D eigenvalue weighted by molar-refractivity contribution is 5.24. The fourth-order valence-electron chi connectivity index (χ4n) is 0.549. The van der Waals surface area contributed by atoms with Crippen molar-refractivity contribution in [2.75, 3.05) is 12.3 Å². The van der Waals surface area contributed by atoms with E-state index in [1.165, 1.54) is 12.4 Å². The fourth-order valence-corrected chi connectivity index (χ4v) is 0.549. The van der Waals surface area contributed by atoms with Crippen LogP contribution in [0.3, 0.4) is 0 Å². The van der Waals surface area contributed by atoms with Crippen LogP contribution < -0.4 is 10.5 Å². The van der Waals surface area contributed by atoms with Crippen molar-refractivity contribution < 1.29 is 13.5 Å². The largest absolute Gasteiger partial charge is 0.470 e. The highest BCUT2D eigenvalue weighted by atomic mass is 19.3. The molecule has 0 saturated heterocycles. The van der Waals surface area contributed by atoms with E-state index in [0.717, 1.165) is 0 Å². The number of alkyl halides is 2. The van der Waals surface area contributed by atoms with E-state index in [1.54, 1.807) is 0 Å². The summed E-state index contributed by atoms with van der Waals surface area (Å²) in [4.78, 5) is 7.21. The minimum atomic E-state index is -2.51. The minimum absolute atomic E-state index is 0.0458. The summed E-state index contributed by atoms with van der Waals surface area (Å²) in [6.45, 7) is -0.682. The molecule has 0 aliphatic heterocycles. The summed E-state index contributed by atoms with van der Waals surface area (Å²) >= 11 is 0. The predicted molar refractivity (Wildman–Crippen MR) is 37.9 cm³/mol. The number of rotatable bonds is 3. The first-order chi connectivity index (χ1) is 5.68. The molecule has 0 fully saturated rings. The number of nitrogen functional groups attached to an aromatic ring is 1. The minimum Gasteiger partial charge on any atom is -0.470 e. The van der Waals surface area contributed by atoms with Crippen LogP contribution in [0, 0.1) is 0 Å². The van der Waals surface area contributed by atoms with Crippen molar-refractivity contribution in [3.05, 3.63) is 12.4 Å². The monoisotopic (exact) mass is 175 g/mol. The van der Waals surface area contributed by atoms with Crippen LogP contribution >= 0.6 is 0 Å². The Labute approximate surface area is 67.4 Å². The van der Waals surface area contributed by atoms with E-state index in [4.69, 9.17) is 5.73 Å². The quantitative estimate of drug-likeness (QED) is 0.734. The summed E-state index contributed by atoms with van der Waals surface area (Å²) in [5, 5.41) is 0. The van der Waals surface area contributed by atoms with Gasteiger partial charge in [0.05, 0.1) is 12.4 Å². The van der Waals surface area contributed by atoms with Gasteiger partial charge in [0, 0.05) is 0 Å². The lowest BCUT2D eigenvalue weighted by Gasteiger charge is -2.02. The number of nitrogens with two attached hydrogens (primary N) is 1. The van der Waals surface area contributed by atoms with Crippen LogP contribution in [0.15, 0.2) is 12.4 Å². The Hall–Kier alpha value is -1.46. The Kier molecular flexibility index (Phi) is 2.73. The van der Waals surface area contributed by atoms with Crippen molar-refractivity contribution >= 4 is 5.82 Å². The maximum absolute atomic E-state index is 11.6. The van der Waals surface area contributed by atoms with Crippen LogP contribution in [-0.4, -0.2) is 23.0 Å². The van der Waals surface area contributed by atoms with Gasteiger partial charge in [-0.3, -0.25) is 0 Å². The third-order valence-electron chi connectivity index (χ3n) is 1.01. The van der Waals surface area contributed by atoms with Crippen molar-refractivity contribution in [1.82, 2.24) is 9.97 Å². The van der Waals surface area contributed by atoms with Gasteiger partial charge in [-0.1, -0.05) is 0 Å². The Morgan fingerprint density at radius 2 is 2.17 bits per heavy atom. The van der Waals surface area contributed by atoms with E-state index in [-0.39, 0.29) is 11.7 Å². The summed E-state index contributed by atoms with van der Waals surface area (Å²) in [6.07, 6.45) is -0.0808. The molecule has 0 atom stereocenters. The second-order valence-electron chi connectivity index (χ2n) is 1.98. The number of hydrogen-bond donors (Lipinski definition) is 1. The van der Waals surface area contributed by atoms with E-state index in [9.17, 15) is 8.78 Å². The van der Waals surface area contributed by atoms with Crippen LogP contribution in [0.4, 0.5) is 14.6 Å². The average Bonchev–Trinajstić information content (AvgIpc) is 2.03. The number of nitrogens with zero attached hydrogens (tertiary/aromatic N) is 2. The van der Waals surface area contributed by atoms with Crippen LogP contribution in [0.2, 0.25) is 0 Å². The standard InChI is InChI=1S/C6H7F2N3O/c7-4(8)3-12-6-2-10-5(9)1-11-6/h1-2,4H,3H2,(H2,9,10). The lowest BCUT2D eigenvalue weighted by atomic mass is 10.6. The Morgan fingerprint density at radius 3 is 2.67 bits per heavy atom. The first-order valence-electron chi connectivity index (χ1n) is 3.17. The molecule has 1 heterocycles. The van der Waals surface area contributed by atoms with Gasteiger partial charge in [0.25, 0.3) is 6.43 Å². The molecule has 0 amide bonds. The third kappa shape index (κ3) is 2.65. The van der Waals surface area contributed by atoms with E-state index < -0.39 is 13.0 Å². The van der Waals surface area contributed by atoms with Crippen molar-refractivity contribution in [3.63, 3.8) is 0 Å². The maximum atomic E-state index is 11.6. The van der Waals surface area contributed by atoms with E-state index in [2.05, 4.69) is 14.7 Å². The van der Waals surface area contributed by atoms with Gasteiger partial charge in [-0.25, -0.2) is 18.7 Å². The number of aromatic nitrogens is 2. The Morgan fingerprint density at radius 1 is 1.42 bits per heavy atom. The fraction of sp³-hybridized carbons (Fsp3) is 0.333. The van der Waals surface area contributed by atoms with Gasteiger partial charge in [-0.05, 0) is 0 Å². The van der Waals surface area contributed by atoms with Crippen molar-refractivity contribution in [2.24, 2.45) is 0 Å². The van der Waals surface area contributed by atoms with Crippen LogP contribution in [0.25, 0.3) is 0 Å². The molecule has 0 radical (unpaired) electrons. The number of halogens is 2. The number of ether oxygens (including phenoxy) is 1. The van der Waals surface area contributed by atoms with E-state index in [0.29, 0.717) is 0 Å². The van der Waals surface area contributed by atoms with Gasteiger partial charge in [-0.15, -0.1) is 0 Å². The van der Waals surface area contributed by atoms with E-state index >= 15 is 0 Å². The molecule has 0 saturated carbocycles. The van der Waals surface area contributed by atoms with Crippen molar-refractivity contribution in [3.8, 4) is 5.88 Å².